The van der Waals surface area contributed by atoms with E-state index in [0.29, 0.717) is 16.9 Å². The summed E-state index contributed by atoms with van der Waals surface area (Å²) in [6.45, 7) is 4.30. The van der Waals surface area contributed by atoms with Crippen LogP contribution in [0.4, 0.5) is 0 Å². The zero-order valence-electron chi connectivity index (χ0n) is 19.4. The van der Waals surface area contributed by atoms with Crippen LogP contribution in [0.3, 0.4) is 0 Å². The van der Waals surface area contributed by atoms with Crippen LogP contribution in [0, 0.1) is 13.8 Å². The summed E-state index contributed by atoms with van der Waals surface area (Å²) >= 11 is 0. The number of aryl methyl sites for hydroxylation is 3. The van der Waals surface area contributed by atoms with Crippen LogP contribution in [-0.4, -0.2) is 67.3 Å². The number of fused-ring (bicyclic) bond motifs is 1. The lowest BCUT2D eigenvalue weighted by molar-refractivity contribution is -0.152. The first-order valence-corrected chi connectivity index (χ1v) is 12.8. The molecule has 9 heteroatoms. The van der Waals surface area contributed by atoms with E-state index in [1.165, 1.54) is 4.31 Å². The SMILES string of the molecule is Cc1ccc(S(=O)(=O)N2CCN(C(=O)COC(=O)CCc3c[nH]c4ccccc34)CC2)c(C)c1. The van der Waals surface area contributed by atoms with Crippen LogP contribution in [0.2, 0.25) is 0 Å². The van der Waals surface area contributed by atoms with E-state index in [1.54, 1.807) is 24.0 Å². The second kappa shape index (κ2) is 9.99. The molecule has 1 fully saturated rings. The Balaban J connectivity index is 1.24. The van der Waals surface area contributed by atoms with Gasteiger partial charge in [0, 0.05) is 49.7 Å². The smallest absolute Gasteiger partial charge is 0.306 e. The maximum absolute atomic E-state index is 13.0. The fourth-order valence-electron chi connectivity index (χ4n) is 4.29. The Bertz CT molecular complexity index is 1310. The number of hydrogen-bond donors (Lipinski definition) is 1. The number of aromatic amines is 1. The van der Waals surface area contributed by atoms with Gasteiger partial charge in [-0.3, -0.25) is 9.59 Å². The highest BCUT2D eigenvalue weighted by atomic mass is 32.2. The molecule has 180 valence electrons. The van der Waals surface area contributed by atoms with Crippen molar-refractivity contribution in [2.75, 3.05) is 32.8 Å². The molecule has 0 bridgehead atoms. The molecule has 0 saturated carbocycles. The summed E-state index contributed by atoms with van der Waals surface area (Å²) in [5.41, 5.74) is 3.75. The number of nitrogens with one attached hydrogen (secondary N) is 1. The van der Waals surface area contributed by atoms with Gasteiger partial charge >= 0.3 is 5.97 Å². The molecule has 34 heavy (non-hydrogen) atoms. The zero-order chi connectivity index (χ0) is 24.3. The van der Waals surface area contributed by atoms with Gasteiger partial charge in [0.25, 0.3) is 5.91 Å². The number of amides is 1. The first-order valence-electron chi connectivity index (χ1n) is 11.3. The number of sulfonamides is 1. The number of H-pyrrole nitrogens is 1. The fourth-order valence-corrected chi connectivity index (χ4v) is 5.91. The number of carbonyl (C=O) groups excluding carboxylic acids is 2. The molecule has 1 N–H and O–H groups in total. The molecule has 1 aliphatic heterocycles. The maximum atomic E-state index is 13.0. The minimum absolute atomic E-state index is 0.178. The van der Waals surface area contributed by atoms with Gasteiger partial charge in [0.15, 0.2) is 6.61 Å². The van der Waals surface area contributed by atoms with E-state index >= 15 is 0 Å². The quantitative estimate of drug-likeness (QED) is 0.521. The van der Waals surface area contributed by atoms with Gasteiger partial charge in [-0.1, -0.05) is 35.9 Å². The minimum Gasteiger partial charge on any atom is -0.456 e. The number of esters is 1. The van der Waals surface area contributed by atoms with Crippen LogP contribution < -0.4 is 0 Å². The topological polar surface area (TPSA) is 99.8 Å². The third-order valence-electron chi connectivity index (χ3n) is 6.17. The van der Waals surface area contributed by atoms with Gasteiger partial charge in [0.2, 0.25) is 10.0 Å². The summed E-state index contributed by atoms with van der Waals surface area (Å²) in [6, 6.07) is 13.1. The second-order valence-corrected chi connectivity index (χ2v) is 10.5. The van der Waals surface area contributed by atoms with Crippen LogP contribution in [0.5, 0.6) is 0 Å². The van der Waals surface area contributed by atoms with E-state index in [4.69, 9.17) is 4.74 Å². The van der Waals surface area contributed by atoms with Gasteiger partial charge in [-0.2, -0.15) is 4.31 Å². The lowest BCUT2D eigenvalue weighted by Gasteiger charge is -2.34. The highest BCUT2D eigenvalue weighted by molar-refractivity contribution is 7.89. The van der Waals surface area contributed by atoms with Gasteiger partial charge in [-0.25, -0.2) is 8.42 Å². The molecular weight excluding hydrogens is 454 g/mol. The van der Waals surface area contributed by atoms with Gasteiger partial charge in [-0.05, 0) is 43.5 Å². The largest absolute Gasteiger partial charge is 0.456 e. The second-order valence-electron chi connectivity index (χ2n) is 8.57. The predicted octanol–water partition coefficient (Wildman–Crippen LogP) is 2.79. The Labute approximate surface area is 199 Å². The van der Waals surface area contributed by atoms with Crippen molar-refractivity contribution >= 4 is 32.8 Å². The monoisotopic (exact) mass is 483 g/mol. The Kier molecular flexibility index (Phi) is 7.04. The highest BCUT2D eigenvalue weighted by Gasteiger charge is 2.31. The van der Waals surface area contributed by atoms with Gasteiger partial charge in [-0.15, -0.1) is 0 Å². The average molecular weight is 484 g/mol. The molecule has 8 nitrogen and oxygen atoms in total. The molecule has 1 amide bonds. The molecule has 0 spiro atoms. The Morgan fingerprint density at radius 2 is 1.76 bits per heavy atom. The number of piperazine rings is 1. The molecule has 3 aromatic rings. The molecule has 0 radical (unpaired) electrons. The molecule has 0 aliphatic carbocycles. The first-order chi connectivity index (χ1) is 16.3. The lowest BCUT2D eigenvalue weighted by atomic mass is 10.1. The maximum Gasteiger partial charge on any atom is 0.306 e. The van der Waals surface area contributed by atoms with E-state index < -0.39 is 16.0 Å². The third kappa shape index (κ3) is 5.15. The molecule has 1 aromatic heterocycles. The number of hydrogen-bond acceptors (Lipinski definition) is 5. The number of carbonyl (C=O) groups is 2. The summed E-state index contributed by atoms with van der Waals surface area (Å²) in [5.74, 6) is -0.751. The molecule has 1 saturated heterocycles. The van der Waals surface area contributed by atoms with Gasteiger partial charge in [0.1, 0.15) is 0 Å². The third-order valence-corrected chi connectivity index (χ3v) is 8.23. The van der Waals surface area contributed by atoms with Crippen LogP contribution in [-0.2, 0) is 30.8 Å². The van der Waals surface area contributed by atoms with E-state index in [-0.39, 0.29) is 45.1 Å². The number of nitrogens with zero attached hydrogens (tertiary/aromatic N) is 2. The minimum atomic E-state index is -3.62. The van der Waals surface area contributed by atoms with Crippen molar-refractivity contribution in [3.8, 4) is 0 Å². The van der Waals surface area contributed by atoms with Crippen molar-refractivity contribution in [2.45, 2.75) is 31.6 Å². The number of benzene rings is 2. The number of rotatable bonds is 7. The zero-order valence-corrected chi connectivity index (χ0v) is 20.2. The Morgan fingerprint density at radius 3 is 2.50 bits per heavy atom. The molecular formula is C25H29N3O5S. The van der Waals surface area contributed by atoms with Gasteiger partial charge in [0.05, 0.1) is 4.90 Å². The summed E-state index contributed by atoms with van der Waals surface area (Å²) in [7, 11) is -3.62. The van der Waals surface area contributed by atoms with Crippen molar-refractivity contribution < 1.29 is 22.7 Å². The van der Waals surface area contributed by atoms with Crippen molar-refractivity contribution in [1.82, 2.24) is 14.2 Å². The van der Waals surface area contributed by atoms with E-state index in [0.717, 1.165) is 22.0 Å². The van der Waals surface area contributed by atoms with E-state index in [9.17, 15) is 18.0 Å². The lowest BCUT2D eigenvalue weighted by Crippen LogP contribution is -2.51. The van der Waals surface area contributed by atoms with E-state index in [1.807, 2.05) is 43.5 Å². The molecule has 2 heterocycles. The number of ether oxygens (including phenoxy) is 1. The molecule has 2 aromatic carbocycles. The highest BCUT2D eigenvalue weighted by Crippen LogP contribution is 2.22. The van der Waals surface area contributed by atoms with Crippen molar-refractivity contribution in [3.63, 3.8) is 0 Å². The van der Waals surface area contributed by atoms with Crippen molar-refractivity contribution in [2.24, 2.45) is 0 Å². The summed E-state index contributed by atoms with van der Waals surface area (Å²) in [4.78, 5) is 29.7. The molecule has 0 atom stereocenters. The summed E-state index contributed by atoms with van der Waals surface area (Å²) in [5, 5.41) is 1.07. The first kappa shape index (κ1) is 24.0. The van der Waals surface area contributed by atoms with Crippen LogP contribution in [0.15, 0.2) is 53.6 Å². The molecule has 1 aliphatic rings. The van der Waals surface area contributed by atoms with Crippen LogP contribution in [0.1, 0.15) is 23.1 Å². The number of aromatic nitrogens is 1. The standard InChI is InChI=1S/C25H29N3O5S/c1-18-7-9-23(19(2)15-18)34(31,32)28-13-11-27(12-14-28)24(29)17-33-25(30)10-8-20-16-26-22-6-4-3-5-21(20)22/h3-7,9,15-16,26H,8,10-14,17H2,1-2H3. The average Bonchev–Trinajstić information content (AvgIpc) is 3.24. The van der Waals surface area contributed by atoms with Gasteiger partial charge < -0.3 is 14.6 Å². The number of para-hydroxylation sites is 1. The Hall–Kier alpha value is -3.17. The fraction of sp³-hybridized carbons (Fsp3) is 0.360. The summed E-state index contributed by atoms with van der Waals surface area (Å²) < 4.78 is 32.6. The van der Waals surface area contributed by atoms with Crippen molar-refractivity contribution in [3.05, 3.63) is 65.4 Å². The Morgan fingerprint density at radius 1 is 1.03 bits per heavy atom. The predicted molar refractivity (Wildman–Crippen MR) is 129 cm³/mol. The molecule has 0 unspecified atom stereocenters. The molecule has 4 rings (SSSR count). The van der Waals surface area contributed by atoms with Crippen LogP contribution >= 0.6 is 0 Å². The van der Waals surface area contributed by atoms with Crippen LogP contribution in [0.25, 0.3) is 10.9 Å². The normalized spacial score (nSPS) is 14.9. The van der Waals surface area contributed by atoms with E-state index in [2.05, 4.69) is 4.98 Å². The van der Waals surface area contributed by atoms with Crippen molar-refractivity contribution in [1.29, 1.82) is 0 Å². The summed E-state index contributed by atoms with van der Waals surface area (Å²) in [6.07, 6.45) is 2.58.